The van der Waals surface area contributed by atoms with E-state index in [0.717, 1.165) is 0 Å². The fraction of sp³-hybridized carbons (Fsp3) is 0.500. The summed E-state index contributed by atoms with van der Waals surface area (Å²) in [5.74, 6) is -1.23. The zero-order valence-electron chi connectivity index (χ0n) is 8.06. The van der Waals surface area contributed by atoms with Gasteiger partial charge in [-0.05, 0) is 0 Å². The van der Waals surface area contributed by atoms with Crippen molar-refractivity contribution < 1.29 is 15.0 Å². The van der Waals surface area contributed by atoms with E-state index in [-0.39, 0.29) is 11.9 Å². The number of nitrogens with one attached hydrogen (secondary N) is 1. The van der Waals surface area contributed by atoms with Gasteiger partial charge in [0.25, 0.3) is 0 Å². The number of nitrogens with zero attached hydrogens (tertiary/aromatic N) is 2. The third-order valence-electron chi connectivity index (χ3n) is 0.794. The highest BCUT2D eigenvalue weighted by molar-refractivity contribution is 5.91. The lowest BCUT2D eigenvalue weighted by molar-refractivity contribution is -0.140. The van der Waals surface area contributed by atoms with E-state index >= 15 is 0 Å². The maximum Gasteiger partial charge on any atom is 0.329 e. The number of aliphatic hydroxyl groups is 1. The van der Waals surface area contributed by atoms with Gasteiger partial charge in [-0.2, -0.15) is 4.99 Å². The van der Waals surface area contributed by atoms with Crippen LogP contribution in [0.25, 0.3) is 0 Å². The molecule has 0 spiro atoms. The molecular formula is C6H15N5O3. The quantitative estimate of drug-likeness (QED) is 0.242. The molecule has 0 amide bonds. The van der Waals surface area contributed by atoms with Gasteiger partial charge in [-0.25, -0.2) is 4.79 Å². The third-order valence-corrected chi connectivity index (χ3v) is 0.794. The molecule has 0 atom stereocenters. The number of carboxylic acids is 1. The molecule has 14 heavy (non-hydrogen) atoms. The molecule has 8 heteroatoms. The van der Waals surface area contributed by atoms with Gasteiger partial charge >= 0.3 is 5.97 Å². The van der Waals surface area contributed by atoms with Crippen LogP contribution in [0.2, 0.25) is 0 Å². The summed E-state index contributed by atoms with van der Waals surface area (Å²) in [5.41, 5.74) is 9.98. The Morgan fingerprint density at radius 2 is 1.86 bits per heavy atom. The van der Waals surface area contributed by atoms with Crippen LogP contribution in [0.4, 0.5) is 0 Å². The smallest absolute Gasteiger partial charge is 0.329 e. The summed E-state index contributed by atoms with van der Waals surface area (Å²) in [7, 11) is 3.38. The number of nitrogens with two attached hydrogens (primary N) is 2. The average Bonchev–Trinajstić information content (AvgIpc) is 2.04. The number of hydrogen-bond donors (Lipinski definition) is 5. The highest BCUT2D eigenvalue weighted by atomic mass is 16.4. The van der Waals surface area contributed by atoms with Gasteiger partial charge < -0.3 is 26.6 Å². The number of guanidine groups is 2. The first kappa shape index (κ1) is 14.7. The molecule has 0 heterocycles. The van der Waals surface area contributed by atoms with Gasteiger partial charge in [-0.1, -0.05) is 0 Å². The van der Waals surface area contributed by atoms with E-state index in [1.165, 1.54) is 4.90 Å². The van der Waals surface area contributed by atoms with E-state index in [9.17, 15) is 0 Å². The minimum absolute atomic E-state index is 0.0509. The molecule has 0 rings (SSSR count). The van der Waals surface area contributed by atoms with Gasteiger partial charge in [0.05, 0.1) is 0 Å². The van der Waals surface area contributed by atoms with Crippen molar-refractivity contribution in [2.45, 2.75) is 0 Å². The lowest BCUT2D eigenvalue weighted by Gasteiger charge is -2.07. The molecule has 0 saturated heterocycles. The largest absolute Gasteiger partial charge is 0.480 e. The van der Waals surface area contributed by atoms with Gasteiger partial charge in [-0.15, -0.1) is 0 Å². The molecule has 0 aromatic rings. The Balaban J connectivity index is 0. The topological polar surface area (TPSA) is 149 Å². The van der Waals surface area contributed by atoms with Crippen LogP contribution in [0, 0.1) is 5.41 Å². The molecular weight excluding hydrogens is 190 g/mol. The van der Waals surface area contributed by atoms with E-state index in [4.69, 9.17) is 31.9 Å². The second-order valence-corrected chi connectivity index (χ2v) is 2.31. The maximum absolute atomic E-state index is 9.12. The number of hydrogen-bond acceptors (Lipinski definition) is 3. The number of aliphatic hydroxyl groups excluding tert-OH is 1. The van der Waals surface area contributed by atoms with Gasteiger partial charge in [0, 0.05) is 14.1 Å². The van der Waals surface area contributed by atoms with Crippen molar-refractivity contribution in [2.24, 2.45) is 16.5 Å². The fourth-order valence-corrected chi connectivity index (χ4v) is 0.222. The van der Waals surface area contributed by atoms with E-state index in [0.29, 0.717) is 0 Å². The molecule has 0 radical (unpaired) electrons. The summed E-state index contributed by atoms with van der Waals surface area (Å²) in [5, 5.41) is 22.1. The predicted octanol–water partition coefficient (Wildman–Crippen LogP) is -2.18. The Bertz CT molecular complexity index is 222. The molecule has 0 aliphatic rings. The van der Waals surface area contributed by atoms with Crippen LogP contribution in [-0.4, -0.2) is 53.7 Å². The first-order valence-corrected chi connectivity index (χ1v) is 3.49. The van der Waals surface area contributed by atoms with Crippen LogP contribution < -0.4 is 11.5 Å². The van der Waals surface area contributed by atoms with Gasteiger partial charge in [0.15, 0.2) is 5.96 Å². The lowest BCUT2D eigenvalue weighted by atomic mass is 10.8. The summed E-state index contributed by atoms with van der Waals surface area (Å²) >= 11 is 0. The molecule has 0 aliphatic heterocycles. The van der Waals surface area contributed by atoms with E-state index in [1.807, 2.05) is 0 Å². The first-order valence-electron chi connectivity index (χ1n) is 3.49. The Hall–Kier alpha value is -1.83. The van der Waals surface area contributed by atoms with Crippen molar-refractivity contribution in [3.8, 4) is 0 Å². The summed E-state index contributed by atoms with van der Waals surface area (Å²) in [6.07, 6.45) is 0. The van der Waals surface area contributed by atoms with Gasteiger partial charge in [-0.3, -0.25) is 5.41 Å². The number of carboxylic acid groups (broad SMARTS) is 1. The molecule has 8 nitrogen and oxygen atoms in total. The summed E-state index contributed by atoms with van der Waals surface area (Å²) in [6.45, 7) is -0.778. The Labute approximate surface area is 81.3 Å². The van der Waals surface area contributed by atoms with Crippen molar-refractivity contribution in [3.05, 3.63) is 0 Å². The van der Waals surface area contributed by atoms with Crippen molar-refractivity contribution in [3.63, 3.8) is 0 Å². The monoisotopic (exact) mass is 205 g/mol. The lowest BCUT2D eigenvalue weighted by Crippen LogP contribution is -2.28. The SMILES string of the molecule is CN(C)C(=N)N=C(N)N.O=C(O)CO. The molecule has 0 fully saturated rings. The van der Waals surface area contributed by atoms with Crippen LogP contribution in [0.5, 0.6) is 0 Å². The number of rotatable bonds is 1. The van der Waals surface area contributed by atoms with Crippen molar-refractivity contribution in [1.82, 2.24) is 4.90 Å². The second kappa shape index (κ2) is 7.80. The standard InChI is InChI=1S/C4H11N5.C2H4O3/c1-9(2)4(7)8-3(5)6;3-1-2(4)5/h1-2H3,(H5,5,6,7,8);3H,1H2,(H,4,5). The number of aliphatic carboxylic acids is 1. The molecule has 0 aliphatic carbocycles. The summed E-state index contributed by atoms with van der Waals surface area (Å²) < 4.78 is 0. The number of carbonyl (C=O) groups is 1. The molecule has 0 aromatic carbocycles. The Kier molecular flexibility index (Phi) is 8.18. The minimum atomic E-state index is -1.19. The molecule has 0 bridgehead atoms. The molecule has 82 valence electrons. The van der Waals surface area contributed by atoms with E-state index in [2.05, 4.69) is 4.99 Å². The maximum atomic E-state index is 9.12. The first-order chi connectivity index (χ1) is 6.31. The Morgan fingerprint density at radius 1 is 1.50 bits per heavy atom. The average molecular weight is 205 g/mol. The predicted molar refractivity (Wildman–Crippen MR) is 51.9 cm³/mol. The fourth-order valence-electron chi connectivity index (χ4n) is 0.222. The van der Waals surface area contributed by atoms with Crippen molar-refractivity contribution in [1.29, 1.82) is 5.41 Å². The van der Waals surface area contributed by atoms with Crippen molar-refractivity contribution >= 4 is 17.9 Å². The zero-order valence-corrected chi connectivity index (χ0v) is 8.06. The molecule has 0 aromatic heterocycles. The Morgan fingerprint density at radius 3 is 1.93 bits per heavy atom. The highest BCUT2D eigenvalue weighted by Gasteiger charge is 1.93. The second-order valence-electron chi connectivity index (χ2n) is 2.31. The van der Waals surface area contributed by atoms with Crippen molar-refractivity contribution in [2.75, 3.05) is 20.7 Å². The van der Waals surface area contributed by atoms with Crippen LogP contribution in [-0.2, 0) is 4.79 Å². The molecule has 0 saturated carbocycles. The van der Waals surface area contributed by atoms with Gasteiger partial charge in [0.2, 0.25) is 5.96 Å². The third kappa shape index (κ3) is 12.8. The van der Waals surface area contributed by atoms with Crippen LogP contribution in [0.3, 0.4) is 0 Å². The van der Waals surface area contributed by atoms with E-state index < -0.39 is 12.6 Å². The van der Waals surface area contributed by atoms with Gasteiger partial charge in [0.1, 0.15) is 6.61 Å². The summed E-state index contributed by atoms with van der Waals surface area (Å²) in [4.78, 5) is 14.1. The molecule has 0 unspecified atom stereocenters. The highest BCUT2D eigenvalue weighted by Crippen LogP contribution is 1.78. The zero-order chi connectivity index (χ0) is 11.7. The van der Waals surface area contributed by atoms with Crippen LogP contribution in [0.1, 0.15) is 0 Å². The molecule has 7 N–H and O–H groups in total. The normalized spacial score (nSPS) is 7.93. The summed E-state index contributed by atoms with van der Waals surface area (Å²) in [6, 6.07) is 0. The minimum Gasteiger partial charge on any atom is -0.480 e. The van der Waals surface area contributed by atoms with Crippen LogP contribution in [0.15, 0.2) is 4.99 Å². The van der Waals surface area contributed by atoms with E-state index in [1.54, 1.807) is 14.1 Å². The number of aliphatic imine (C=N–C) groups is 1. The van der Waals surface area contributed by atoms with Crippen LogP contribution >= 0.6 is 0 Å².